The number of nitrogens with two attached hydrogens (primary N) is 1. The Bertz CT molecular complexity index is 646. The Labute approximate surface area is 110 Å². The SMILES string of the molecule is CCn1c(COC)c(N)c(=O)n1-c1ccccc1F. The van der Waals surface area contributed by atoms with Crippen LogP contribution in [0.4, 0.5) is 10.1 Å². The van der Waals surface area contributed by atoms with Gasteiger partial charge in [0, 0.05) is 13.7 Å². The standard InChI is InChI=1S/C13H16FN3O2/c1-3-16-11(8-19-2)12(15)13(18)17(16)10-7-5-4-6-9(10)14/h4-7H,3,8,15H2,1-2H3. The molecule has 1 aromatic heterocycles. The Morgan fingerprint density at radius 1 is 1.37 bits per heavy atom. The van der Waals surface area contributed by atoms with E-state index in [2.05, 4.69) is 0 Å². The fourth-order valence-electron chi connectivity index (χ4n) is 2.09. The molecule has 0 aliphatic heterocycles. The lowest BCUT2D eigenvalue weighted by atomic mass is 10.3. The van der Waals surface area contributed by atoms with Crippen molar-refractivity contribution in [2.24, 2.45) is 0 Å². The highest BCUT2D eigenvalue weighted by molar-refractivity contribution is 5.45. The first kappa shape index (κ1) is 13.4. The molecule has 0 saturated heterocycles. The average molecular weight is 265 g/mol. The number of hydrogen-bond acceptors (Lipinski definition) is 3. The van der Waals surface area contributed by atoms with E-state index in [4.69, 9.17) is 10.5 Å². The van der Waals surface area contributed by atoms with Crippen LogP contribution in [0.1, 0.15) is 12.6 Å². The molecule has 0 aliphatic rings. The zero-order chi connectivity index (χ0) is 14.0. The first-order valence-electron chi connectivity index (χ1n) is 5.95. The lowest BCUT2D eigenvalue weighted by Crippen LogP contribution is -2.23. The van der Waals surface area contributed by atoms with Crippen LogP contribution < -0.4 is 11.3 Å². The number of rotatable bonds is 4. The van der Waals surface area contributed by atoms with E-state index in [9.17, 15) is 9.18 Å². The van der Waals surface area contributed by atoms with E-state index in [0.717, 1.165) is 0 Å². The second-order valence-electron chi connectivity index (χ2n) is 4.08. The molecule has 5 nitrogen and oxygen atoms in total. The third-order valence-electron chi connectivity index (χ3n) is 2.95. The summed E-state index contributed by atoms with van der Waals surface area (Å²) in [6.45, 7) is 2.55. The number of hydrogen-bond donors (Lipinski definition) is 1. The van der Waals surface area contributed by atoms with E-state index in [-0.39, 0.29) is 18.0 Å². The second kappa shape index (κ2) is 5.27. The van der Waals surface area contributed by atoms with E-state index in [1.165, 1.54) is 17.9 Å². The highest BCUT2D eigenvalue weighted by atomic mass is 19.1. The van der Waals surface area contributed by atoms with Gasteiger partial charge >= 0.3 is 0 Å². The van der Waals surface area contributed by atoms with Gasteiger partial charge in [-0.15, -0.1) is 0 Å². The smallest absolute Gasteiger partial charge is 0.295 e. The van der Waals surface area contributed by atoms with Crippen LogP contribution in [0, 0.1) is 5.82 Å². The van der Waals surface area contributed by atoms with Gasteiger partial charge in [0.1, 0.15) is 17.2 Å². The molecule has 102 valence electrons. The molecule has 1 aromatic carbocycles. The summed E-state index contributed by atoms with van der Waals surface area (Å²) in [5.41, 5.74) is 6.19. The predicted octanol–water partition coefficient (Wildman–Crippen LogP) is 1.53. The van der Waals surface area contributed by atoms with Gasteiger partial charge in [0.25, 0.3) is 5.56 Å². The number of para-hydroxylation sites is 1. The van der Waals surface area contributed by atoms with Crippen molar-refractivity contribution in [1.82, 2.24) is 9.36 Å². The molecule has 0 bridgehead atoms. The molecule has 2 rings (SSSR count). The van der Waals surface area contributed by atoms with Crippen molar-refractivity contribution in [3.63, 3.8) is 0 Å². The molecular formula is C13H16FN3O2. The third kappa shape index (κ3) is 2.15. The minimum absolute atomic E-state index is 0.0898. The highest BCUT2D eigenvalue weighted by Crippen LogP contribution is 2.16. The molecule has 6 heteroatoms. The van der Waals surface area contributed by atoms with Crippen LogP contribution in [0.2, 0.25) is 0 Å². The average Bonchev–Trinajstić information content (AvgIpc) is 2.64. The fraction of sp³-hybridized carbons (Fsp3) is 0.308. The minimum atomic E-state index is -0.472. The Kier molecular flexibility index (Phi) is 3.71. The molecule has 2 aromatic rings. The van der Waals surface area contributed by atoms with Crippen molar-refractivity contribution < 1.29 is 9.13 Å². The molecule has 0 saturated carbocycles. The Morgan fingerprint density at radius 3 is 2.63 bits per heavy atom. The molecule has 0 fully saturated rings. The third-order valence-corrected chi connectivity index (χ3v) is 2.95. The Balaban J connectivity index is 2.74. The molecule has 0 atom stereocenters. The molecule has 0 aliphatic carbocycles. The molecule has 0 radical (unpaired) electrons. The lowest BCUT2D eigenvalue weighted by Gasteiger charge is -2.13. The summed E-state index contributed by atoms with van der Waals surface area (Å²) >= 11 is 0. The van der Waals surface area contributed by atoms with Gasteiger partial charge in [-0.25, -0.2) is 9.07 Å². The highest BCUT2D eigenvalue weighted by Gasteiger charge is 2.19. The van der Waals surface area contributed by atoms with Crippen LogP contribution in [-0.2, 0) is 17.9 Å². The van der Waals surface area contributed by atoms with Crippen molar-refractivity contribution in [1.29, 1.82) is 0 Å². The maximum absolute atomic E-state index is 13.9. The summed E-state index contributed by atoms with van der Waals surface area (Å²) in [5.74, 6) is -0.472. The summed E-state index contributed by atoms with van der Waals surface area (Å²) in [6.07, 6.45) is 0. The van der Waals surface area contributed by atoms with Gasteiger partial charge in [-0.3, -0.25) is 9.48 Å². The summed E-state index contributed by atoms with van der Waals surface area (Å²) in [5, 5.41) is 0. The van der Waals surface area contributed by atoms with Crippen molar-refractivity contribution in [3.8, 4) is 5.69 Å². The first-order chi connectivity index (χ1) is 9.11. The molecule has 19 heavy (non-hydrogen) atoms. The number of halogens is 1. The number of ether oxygens (including phenoxy) is 1. The van der Waals surface area contributed by atoms with E-state index in [1.807, 2.05) is 6.92 Å². The van der Waals surface area contributed by atoms with Gasteiger partial charge in [-0.1, -0.05) is 12.1 Å². The normalized spacial score (nSPS) is 10.9. The molecule has 0 unspecified atom stereocenters. The van der Waals surface area contributed by atoms with Crippen LogP contribution >= 0.6 is 0 Å². The minimum Gasteiger partial charge on any atom is -0.393 e. The molecule has 0 amide bonds. The van der Waals surface area contributed by atoms with Crippen LogP contribution in [-0.4, -0.2) is 16.5 Å². The number of nitrogen functional groups attached to an aromatic ring is 1. The van der Waals surface area contributed by atoms with E-state index in [1.54, 1.807) is 22.9 Å². The van der Waals surface area contributed by atoms with Crippen molar-refractivity contribution in [2.75, 3.05) is 12.8 Å². The predicted molar refractivity (Wildman–Crippen MR) is 70.8 cm³/mol. The largest absolute Gasteiger partial charge is 0.393 e. The van der Waals surface area contributed by atoms with Gasteiger partial charge in [0.2, 0.25) is 0 Å². The molecule has 0 spiro atoms. The van der Waals surface area contributed by atoms with Crippen LogP contribution in [0.15, 0.2) is 29.1 Å². The number of methoxy groups -OCH3 is 1. The number of benzene rings is 1. The van der Waals surface area contributed by atoms with Crippen LogP contribution in [0.5, 0.6) is 0 Å². The van der Waals surface area contributed by atoms with Gasteiger partial charge < -0.3 is 10.5 Å². The second-order valence-corrected chi connectivity index (χ2v) is 4.08. The summed E-state index contributed by atoms with van der Waals surface area (Å²) in [7, 11) is 1.52. The lowest BCUT2D eigenvalue weighted by molar-refractivity contribution is 0.176. The Morgan fingerprint density at radius 2 is 2.05 bits per heavy atom. The molecule has 2 N–H and O–H groups in total. The quantitative estimate of drug-likeness (QED) is 0.911. The maximum atomic E-state index is 13.9. The number of anilines is 1. The monoisotopic (exact) mass is 265 g/mol. The van der Waals surface area contributed by atoms with Gasteiger partial charge in [0.15, 0.2) is 0 Å². The van der Waals surface area contributed by atoms with Crippen LogP contribution in [0.3, 0.4) is 0 Å². The summed E-state index contributed by atoms with van der Waals surface area (Å²) < 4.78 is 21.8. The number of aromatic nitrogens is 2. The van der Waals surface area contributed by atoms with E-state index >= 15 is 0 Å². The van der Waals surface area contributed by atoms with E-state index < -0.39 is 11.4 Å². The van der Waals surface area contributed by atoms with Gasteiger partial charge in [0.05, 0.1) is 12.3 Å². The first-order valence-corrected chi connectivity index (χ1v) is 5.95. The zero-order valence-electron chi connectivity index (χ0n) is 10.9. The molecular weight excluding hydrogens is 249 g/mol. The van der Waals surface area contributed by atoms with Crippen molar-refractivity contribution in [3.05, 3.63) is 46.1 Å². The summed E-state index contributed by atoms with van der Waals surface area (Å²) in [6, 6.07) is 6.09. The van der Waals surface area contributed by atoms with Crippen molar-refractivity contribution in [2.45, 2.75) is 20.1 Å². The Hall–Kier alpha value is -2.08. The number of nitrogens with zero attached hydrogens (tertiary/aromatic N) is 2. The van der Waals surface area contributed by atoms with Gasteiger partial charge in [-0.05, 0) is 19.1 Å². The van der Waals surface area contributed by atoms with Crippen molar-refractivity contribution >= 4 is 5.69 Å². The topological polar surface area (TPSA) is 62.2 Å². The fourth-order valence-corrected chi connectivity index (χ4v) is 2.09. The van der Waals surface area contributed by atoms with Gasteiger partial charge in [-0.2, -0.15) is 0 Å². The maximum Gasteiger partial charge on any atom is 0.295 e. The zero-order valence-corrected chi connectivity index (χ0v) is 10.9. The summed E-state index contributed by atoms with van der Waals surface area (Å²) in [4.78, 5) is 12.2. The van der Waals surface area contributed by atoms with E-state index in [0.29, 0.717) is 12.2 Å². The molecule has 1 heterocycles. The van der Waals surface area contributed by atoms with Crippen LogP contribution in [0.25, 0.3) is 5.69 Å².